The van der Waals surface area contributed by atoms with Crippen LogP contribution in [0.1, 0.15) is 40.4 Å². The Hall–Kier alpha value is -3.50. The number of aromatic nitrogens is 3. The zero-order valence-electron chi connectivity index (χ0n) is 23.4. The lowest BCUT2D eigenvalue weighted by Crippen LogP contribution is -2.39. The average molecular weight is 570 g/mol. The highest BCUT2D eigenvalue weighted by molar-refractivity contribution is 7.52. The van der Waals surface area contributed by atoms with Gasteiger partial charge in [0.1, 0.15) is 29.7 Å². The molecule has 2 aromatic heterocycles. The van der Waals surface area contributed by atoms with Crippen molar-refractivity contribution >= 4 is 41.5 Å². The van der Waals surface area contributed by atoms with Crippen molar-refractivity contribution in [1.82, 2.24) is 19.6 Å². The van der Waals surface area contributed by atoms with E-state index in [-0.39, 0.29) is 19.8 Å². The van der Waals surface area contributed by atoms with Gasteiger partial charge in [0.2, 0.25) is 0 Å². The molecule has 0 saturated carbocycles. The van der Waals surface area contributed by atoms with Crippen molar-refractivity contribution in [3.8, 4) is 5.75 Å². The van der Waals surface area contributed by atoms with E-state index in [9.17, 15) is 9.36 Å². The van der Waals surface area contributed by atoms with Crippen molar-refractivity contribution in [3.63, 3.8) is 0 Å². The molecule has 12 heteroatoms. The molecule has 4 rings (SSSR count). The molecule has 4 aromatic rings. The fourth-order valence-corrected chi connectivity index (χ4v) is 6.19. The molecule has 0 saturated heterocycles. The number of para-hydroxylation sites is 2. The van der Waals surface area contributed by atoms with Gasteiger partial charge >= 0.3 is 13.7 Å². The van der Waals surface area contributed by atoms with Crippen LogP contribution in [-0.4, -0.2) is 45.4 Å². The first kappa shape index (κ1) is 29.5. The van der Waals surface area contributed by atoms with E-state index in [4.69, 9.17) is 29.2 Å². The number of anilines is 1. The topological polar surface area (TPSA) is 140 Å². The Labute approximate surface area is 233 Å². The maximum absolute atomic E-state index is 14.2. The molecule has 214 valence electrons. The SMILES string of the molecule is CCOCc1nc2c(N)nc3ccccc3c2n1CC(C)(C)O[P@@](=O)(N[C@@H](C)C(=O)OCC)Oc1ccccc1. The van der Waals surface area contributed by atoms with Crippen LogP contribution in [0.15, 0.2) is 54.6 Å². The van der Waals surface area contributed by atoms with Gasteiger partial charge < -0.3 is 24.3 Å². The van der Waals surface area contributed by atoms with Crippen LogP contribution in [0, 0.1) is 0 Å². The molecule has 11 nitrogen and oxygen atoms in total. The number of ether oxygens (including phenoxy) is 2. The van der Waals surface area contributed by atoms with Gasteiger partial charge in [0.05, 0.1) is 29.8 Å². The third-order valence-corrected chi connectivity index (χ3v) is 7.88. The predicted molar refractivity (Wildman–Crippen MR) is 154 cm³/mol. The highest BCUT2D eigenvalue weighted by Crippen LogP contribution is 2.49. The lowest BCUT2D eigenvalue weighted by atomic mass is 10.1. The summed E-state index contributed by atoms with van der Waals surface area (Å²) in [6.45, 7) is 9.83. The number of carbonyl (C=O) groups excluding carboxylic acids is 1. The molecule has 0 radical (unpaired) electrons. The van der Waals surface area contributed by atoms with Crippen molar-refractivity contribution in [2.24, 2.45) is 0 Å². The lowest BCUT2D eigenvalue weighted by Gasteiger charge is -2.32. The van der Waals surface area contributed by atoms with E-state index in [1.807, 2.05) is 41.8 Å². The monoisotopic (exact) mass is 569 g/mol. The normalized spacial score (nSPS) is 14.2. The van der Waals surface area contributed by atoms with Gasteiger partial charge in [-0.3, -0.25) is 9.32 Å². The van der Waals surface area contributed by atoms with Gasteiger partial charge in [0, 0.05) is 12.0 Å². The van der Waals surface area contributed by atoms with Gasteiger partial charge in [-0.1, -0.05) is 36.4 Å². The molecule has 0 spiro atoms. The summed E-state index contributed by atoms with van der Waals surface area (Å²) < 4.78 is 39.0. The summed E-state index contributed by atoms with van der Waals surface area (Å²) in [7, 11) is -4.12. The Morgan fingerprint density at radius 3 is 2.48 bits per heavy atom. The van der Waals surface area contributed by atoms with Gasteiger partial charge in [0.25, 0.3) is 0 Å². The number of carbonyl (C=O) groups is 1. The molecule has 2 aromatic carbocycles. The summed E-state index contributed by atoms with van der Waals surface area (Å²) in [6, 6.07) is 15.3. The smallest absolute Gasteiger partial charge is 0.460 e. The number of imidazole rings is 1. The zero-order valence-corrected chi connectivity index (χ0v) is 24.3. The van der Waals surface area contributed by atoms with Crippen LogP contribution in [-0.2, 0) is 36.5 Å². The number of nitrogen functional groups attached to an aromatic ring is 1. The Bertz CT molecular complexity index is 1520. The first-order chi connectivity index (χ1) is 19.1. The average Bonchev–Trinajstić information content (AvgIpc) is 3.25. The minimum Gasteiger partial charge on any atom is -0.465 e. The van der Waals surface area contributed by atoms with Crippen LogP contribution in [0.3, 0.4) is 0 Å². The quantitative estimate of drug-likeness (QED) is 0.163. The van der Waals surface area contributed by atoms with Crippen LogP contribution in [0.5, 0.6) is 5.75 Å². The molecular formula is C28H36N5O6P. The van der Waals surface area contributed by atoms with Crippen molar-refractivity contribution < 1.29 is 27.9 Å². The first-order valence-electron chi connectivity index (χ1n) is 13.2. The van der Waals surface area contributed by atoms with E-state index < -0.39 is 25.4 Å². The second kappa shape index (κ2) is 12.3. The second-order valence-corrected chi connectivity index (χ2v) is 11.4. The Morgan fingerprint density at radius 2 is 1.77 bits per heavy atom. The van der Waals surface area contributed by atoms with Gasteiger partial charge in [-0.05, 0) is 52.8 Å². The third-order valence-electron chi connectivity index (χ3n) is 5.99. The fourth-order valence-electron chi connectivity index (χ4n) is 4.36. The summed E-state index contributed by atoms with van der Waals surface area (Å²) >= 11 is 0. The van der Waals surface area contributed by atoms with E-state index >= 15 is 0 Å². The lowest BCUT2D eigenvalue weighted by molar-refractivity contribution is -0.144. The van der Waals surface area contributed by atoms with Crippen LogP contribution in [0.4, 0.5) is 5.82 Å². The van der Waals surface area contributed by atoms with Crippen LogP contribution in [0.2, 0.25) is 0 Å². The first-order valence-corrected chi connectivity index (χ1v) is 14.7. The van der Waals surface area contributed by atoms with Crippen LogP contribution < -0.4 is 15.3 Å². The maximum atomic E-state index is 14.2. The zero-order chi connectivity index (χ0) is 28.9. The molecule has 0 unspecified atom stereocenters. The molecule has 40 heavy (non-hydrogen) atoms. The highest BCUT2D eigenvalue weighted by atomic mass is 31.2. The standard InChI is InChI=1S/C28H36N5O6P/c1-6-36-17-23-31-24-25(21-15-11-12-16-22(21)30-26(24)29)33(23)18-28(4,5)39-40(35,32-19(3)27(34)37-7-2)38-20-13-9-8-10-14-20/h8-16,19H,6-7,17-18H2,1-5H3,(H2,29,30)(H,32,35)/t19-,40+/m0/s1. The third kappa shape index (κ3) is 6.79. The van der Waals surface area contributed by atoms with Gasteiger partial charge in [-0.25, -0.2) is 14.5 Å². The van der Waals surface area contributed by atoms with Crippen molar-refractivity contribution in [1.29, 1.82) is 0 Å². The number of nitrogens with one attached hydrogen (secondary N) is 1. The molecule has 2 heterocycles. The maximum Gasteiger partial charge on any atom is 0.460 e. The van der Waals surface area contributed by atoms with Gasteiger partial charge in [-0.15, -0.1) is 0 Å². The summed E-state index contributed by atoms with van der Waals surface area (Å²) in [5.74, 6) is 0.659. The molecule has 0 aliphatic rings. The van der Waals surface area contributed by atoms with E-state index in [0.29, 0.717) is 29.5 Å². The highest BCUT2D eigenvalue weighted by Gasteiger charge is 2.39. The number of benzene rings is 2. The summed E-state index contributed by atoms with van der Waals surface area (Å²) in [6.07, 6.45) is 0. The number of esters is 1. The van der Waals surface area contributed by atoms with E-state index in [2.05, 4.69) is 10.1 Å². The molecule has 3 N–H and O–H groups in total. The molecule has 0 bridgehead atoms. The molecule has 0 fully saturated rings. The number of pyridine rings is 1. The number of nitrogens with two attached hydrogens (primary N) is 1. The van der Waals surface area contributed by atoms with Crippen LogP contribution >= 0.6 is 7.75 Å². The predicted octanol–water partition coefficient (Wildman–Crippen LogP) is 5.23. The number of fused-ring (bicyclic) bond motifs is 3. The molecular weight excluding hydrogens is 533 g/mol. The second-order valence-electron chi connectivity index (χ2n) is 9.82. The van der Waals surface area contributed by atoms with E-state index in [1.54, 1.807) is 52.0 Å². The van der Waals surface area contributed by atoms with Crippen LogP contribution in [0.25, 0.3) is 21.9 Å². The Morgan fingerprint density at radius 1 is 1.07 bits per heavy atom. The largest absolute Gasteiger partial charge is 0.465 e. The van der Waals surface area contributed by atoms with Gasteiger partial charge in [0.15, 0.2) is 5.82 Å². The summed E-state index contributed by atoms with van der Waals surface area (Å²) in [5.41, 5.74) is 7.25. The van der Waals surface area contributed by atoms with Crippen molar-refractivity contribution in [2.45, 2.75) is 59.4 Å². The molecule has 0 amide bonds. The number of nitrogens with zero attached hydrogens (tertiary/aromatic N) is 3. The summed E-state index contributed by atoms with van der Waals surface area (Å²) in [4.78, 5) is 21.7. The number of hydrogen-bond acceptors (Lipinski definition) is 9. The molecule has 0 aliphatic heterocycles. The number of rotatable bonds is 13. The van der Waals surface area contributed by atoms with Crippen molar-refractivity contribution in [3.05, 3.63) is 60.4 Å². The fraction of sp³-hybridized carbons (Fsp3) is 0.393. The Kier molecular flexibility index (Phi) is 9.10. The minimum atomic E-state index is -4.12. The summed E-state index contributed by atoms with van der Waals surface area (Å²) in [5, 5.41) is 3.60. The molecule has 0 aliphatic carbocycles. The molecule has 2 atom stereocenters. The van der Waals surface area contributed by atoms with E-state index in [1.165, 1.54) is 0 Å². The van der Waals surface area contributed by atoms with Gasteiger partial charge in [-0.2, -0.15) is 5.09 Å². The number of hydrogen-bond donors (Lipinski definition) is 2. The minimum absolute atomic E-state index is 0.184. The Balaban J connectivity index is 1.74. The van der Waals surface area contributed by atoms with E-state index in [0.717, 1.165) is 16.4 Å². The van der Waals surface area contributed by atoms with Crippen molar-refractivity contribution in [2.75, 3.05) is 18.9 Å².